The molecule has 3 heterocycles. The number of thiophene rings is 1. The number of aliphatic hydroxyl groups is 1. The van der Waals surface area contributed by atoms with Crippen LogP contribution in [-0.2, 0) is 22.6 Å². The molecule has 1 aromatic heterocycles. The number of nitrogens with one attached hydrogen (secondary N) is 1. The van der Waals surface area contributed by atoms with E-state index in [2.05, 4.69) is 10.3 Å². The van der Waals surface area contributed by atoms with Crippen molar-refractivity contribution in [1.29, 1.82) is 0 Å². The van der Waals surface area contributed by atoms with E-state index in [-0.39, 0.29) is 11.9 Å². The molecular weight excluding hydrogens is 316 g/mol. The highest BCUT2D eigenvalue weighted by molar-refractivity contribution is 7.15. The van der Waals surface area contributed by atoms with Crippen LogP contribution in [0.5, 0.6) is 0 Å². The molecule has 6 nitrogen and oxygen atoms in total. The Morgan fingerprint density at radius 3 is 2.96 bits per heavy atom. The molecule has 0 spiro atoms. The van der Waals surface area contributed by atoms with Crippen LogP contribution in [0.2, 0.25) is 0 Å². The van der Waals surface area contributed by atoms with Crippen LogP contribution in [-0.4, -0.2) is 29.0 Å². The van der Waals surface area contributed by atoms with Gasteiger partial charge in [-0.2, -0.15) is 0 Å². The Kier molecular flexibility index (Phi) is 3.24. The van der Waals surface area contributed by atoms with E-state index in [1.165, 1.54) is 0 Å². The fourth-order valence-electron chi connectivity index (χ4n) is 2.64. The first kappa shape index (κ1) is 14.1. The van der Waals surface area contributed by atoms with Crippen LogP contribution in [0.25, 0.3) is 10.4 Å². The van der Waals surface area contributed by atoms with Gasteiger partial charge in [-0.1, -0.05) is 6.07 Å². The van der Waals surface area contributed by atoms with Crippen LogP contribution in [0.4, 0.5) is 0 Å². The molecule has 0 fully saturated rings. The average Bonchev–Trinajstić information content (AvgIpc) is 3.21. The molecule has 0 aliphatic carbocycles. The van der Waals surface area contributed by atoms with Crippen LogP contribution in [0, 0.1) is 0 Å². The third-order valence-corrected chi connectivity index (χ3v) is 4.91. The number of hydrogen-bond donors (Lipinski definition) is 2. The van der Waals surface area contributed by atoms with Crippen molar-refractivity contribution >= 4 is 28.9 Å². The standard InChI is InChI=1S/C16H12N2O4S/c19-14-12(17-16(21)18-14)6-10-2-4-13(23-10)8-1-3-11-9(5-8)7-22-15(11)20/h1-5,16,21H,6-7H2,(H,18,19). The first-order chi connectivity index (χ1) is 11.1. The lowest BCUT2D eigenvalue weighted by atomic mass is 10.1. The normalized spacial score (nSPS) is 19.3. The smallest absolute Gasteiger partial charge is 0.338 e. The number of hydrogen-bond acceptors (Lipinski definition) is 6. The highest BCUT2D eigenvalue weighted by Crippen LogP contribution is 2.32. The maximum Gasteiger partial charge on any atom is 0.338 e. The summed E-state index contributed by atoms with van der Waals surface area (Å²) in [5, 5.41) is 11.6. The highest BCUT2D eigenvalue weighted by atomic mass is 32.1. The fourth-order valence-corrected chi connectivity index (χ4v) is 3.65. The van der Waals surface area contributed by atoms with E-state index in [0.717, 1.165) is 20.9 Å². The first-order valence-corrected chi connectivity index (χ1v) is 7.86. The number of benzene rings is 1. The Morgan fingerprint density at radius 1 is 1.30 bits per heavy atom. The van der Waals surface area contributed by atoms with E-state index in [0.29, 0.717) is 24.3 Å². The van der Waals surface area contributed by atoms with E-state index in [4.69, 9.17) is 4.74 Å². The van der Waals surface area contributed by atoms with Gasteiger partial charge < -0.3 is 15.2 Å². The Labute approximate surface area is 135 Å². The van der Waals surface area contributed by atoms with Crippen LogP contribution in [0.15, 0.2) is 35.3 Å². The topological polar surface area (TPSA) is 88.0 Å². The van der Waals surface area contributed by atoms with Gasteiger partial charge in [-0.3, -0.25) is 4.79 Å². The molecule has 0 saturated carbocycles. The second kappa shape index (κ2) is 5.29. The number of rotatable bonds is 3. The van der Waals surface area contributed by atoms with Crippen LogP contribution >= 0.6 is 11.3 Å². The summed E-state index contributed by atoms with van der Waals surface area (Å²) in [5.74, 6) is -0.608. The average molecular weight is 328 g/mol. The molecular formula is C16H12N2O4S. The lowest BCUT2D eigenvalue weighted by Crippen LogP contribution is -2.29. The van der Waals surface area contributed by atoms with E-state index < -0.39 is 6.35 Å². The number of aliphatic hydroxyl groups excluding tert-OH is 1. The zero-order valence-electron chi connectivity index (χ0n) is 11.9. The minimum absolute atomic E-state index is 0.276. The number of carbonyl (C=O) groups is 2. The van der Waals surface area contributed by atoms with Gasteiger partial charge in [0.25, 0.3) is 5.91 Å². The largest absolute Gasteiger partial charge is 0.457 e. The Morgan fingerprint density at radius 2 is 2.17 bits per heavy atom. The number of ether oxygens (including phenoxy) is 1. The van der Waals surface area contributed by atoms with Gasteiger partial charge in [-0.15, -0.1) is 11.3 Å². The van der Waals surface area contributed by atoms with E-state index in [1.807, 2.05) is 24.3 Å². The van der Waals surface area contributed by atoms with Crippen molar-refractivity contribution < 1.29 is 19.4 Å². The summed E-state index contributed by atoms with van der Waals surface area (Å²) in [7, 11) is 0. The van der Waals surface area contributed by atoms with Gasteiger partial charge >= 0.3 is 5.97 Å². The number of cyclic esters (lactones) is 1. The second-order valence-corrected chi connectivity index (χ2v) is 6.48. The van der Waals surface area contributed by atoms with Crippen molar-refractivity contribution in [3.63, 3.8) is 0 Å². The van der Waals surface area contributed by atoms with Crippen LogP contribution in [0.3, 0.4) is 0 Å². The molecule has 7 heteroatoms. The lowest BCUT2D eigenvalue weighted by Gasteiger charge is -2.00. The number of esters is 1. The molecule has 116 valence electrons. The fraction of sp³-hybridized carbons (Fsp3) is 0.188. The molecule has 1 atom stereocenters. The van der Waals surface area contributed by atoms with Crippen molar-refractivity contribution in [3.05, 3.63) is 46.3 Å². The summed E-state index contributed by atoms with van der Waals surface area (Å²) in [6.45, 7) is 0.315. The zero-order valence-corrected chi connectivity index (χ0v) is 12.7. The van der Waals surface area contributed by atoms with Crippen molar-refractivity contribution in [2.24, 2.45) is 4.99 Å². The minimum Gasteiger partial charge on any atom is -0.457 e. The number of amides is 1. The highest BCUT2D eigenvalue weighted by Gasteiger charge is 2.24. The summed E-state index contributed by atoms with van der Waals surface area (Å²) in [5.41, 5.74) is 2.86. The Hall–Kier alpha value is -2.51. The first-order valence-electron chi connectivity index (χ1n) is 7.05. The van der Waals surface area contributed by atoms with E-state index >= 15 is 0 Å². The Bertz CT molecular complexity index is 856. The van der Waals surface area contributed by atoms with Gasteiger partial charge in [0.1, 0.15) is 12.3 Å². The summed E-state index contributed by atoms with van der Waals surface area (Å²) < 4.78 is 5.01. The minimum atomic E-state index is -1.13. The quantitative estimate of drug-likeness (QED) is 0.835. The maximum atomic E-state index is 11.6. The predicted molar refractivity (Wildman–Crippen MR) is 84.2 cm³/mol. The molecule has 2 aromatic rings. The molecule has 2 aliphatic heterocycles. The maximum absolute atomic E-state index is 11.6. The van der Waals surface area contributed by atoms with Crippen molar-refractivity contribution in [2.75, 3.05) is 0 Å². The predicted octanol–water partition coefficient (Wildman–Crippen LogP) is 1.47. The van der Waals surface area contributed by atoms with Crippen molar-refractivity contribution in [3.8, 4) is 10.4 Å². The third kappa shape index (κ3) is 2.54. The SMILES string of the molecule is O=C1NC(O)N=C1Cc1ccc(-c2ccc3c(c2)COC3=O)s1. The zero-order chi connectivity index (χ0) is 16.0. The summed E-state index contributed by atoms with van der Waals surface area (Å²) in [6, 6.07) is 9.55. The van der Waals surface area contributed by atoms with Crippen LogP contribution < -0.4 is 5.32 Å². The molecule has 0 bridgehead atoms. The Balaban J connectivity index is 1.58. The molecule has 23 heavy (non-hydrogen) atoms. The molecule has 0 radical (unpaired) electrons. The lowest BCUT2D eigenvalue weighted by molar-refractivity contribution is -0.116. The van der Waals surface area contributed by atoms with Gasteiger partial charge in [0, 0.05) is 21.7 Å². The van der Waals surface area contributed by atoms with Gasteiger partial charge in [-0.05, 0) is 29.8 Å². The molecule has 1 aromatic carbocycles. The summed E-state index contributed by atoms with van der Waals surface area (Å²) >= 11 is 1.55. The molecule has 2 aliphatic rings. The molecule has 1 unspecified atom stereocenters. The van der Waals surface area contributed by atoms with Gasteiger partial charge in [-0.25, -0.2) is 9.79 Å². The number of carbonyl (C=O) groups excluding carboxylic acids is 2. The van der Waals surface area contributed by atoms with Gasteiger partial charge in [0.2, 0.25) is 6.35 Å². The molecule has 1 amide bonds. The second-order valence-electron chi connectivity index (χ2n) is 5.31. The van der Waals surface area contributed by atoms with E-state index in [9.17, 15) is 14.7 Å². The summed E-state index contributed by atoms with van der Waals surface area (Å²) in [6.07, 6.45) is -0.744. The van der Waals surface area contributed by atoms with Gasteiger partial charge in [0.15, 0.2) is 0 Å². The molecule has 2 N–H and O–H groups in total. The molecule has 0 saturated heterocycles. The van der Waals surface area contributed by atoms with Crippen LogP contribution in [0.1, 0.15) is 20.8 Å². The van der Waals surface area contributed by atoms with Crippen molar-refractivity contribution in [2.45, 2.75) is 19.4 Å². The summed E-state index contributed by atoms with van der Waals surface area (Å²) in [4.78, 5) is 29.0. The number of nitrogens with zero attached hydrogens (tertiary/aromatic N) is 1. The van der Waals surface area contributed by atoms with Crippen molar-refractivity contribution in [1.82, 2.24) is 5.32 Å². The molecule has 4 rings (SSSR count). The van der Waals surface area contributed by atoms with E-state index in [1.54, 1.807) is 17.4 Å². The number of aliphatic imine (C=N–C) groups is 1. The van der Waals surface area contributed by atoms with Gasteiger partial charge in [0.05, 0.1) is 5.56 Å². The third-order valence-electron chi connectivity index (χ3n) is 3.77. The monoisotopic (exact) mass is 328 g/mol. The number of fused-ring (bicyclic) bond motifs is 1.